The largest absolute Gasteiger partial charge is 0.493 e. The minimum absolute atomic E-state index is 0.255. The fourth-order valence-electron chi connectivity index (χ4n) is 4.83. The second-order valence-corrected chi connectivity index (χ2v) is 9.10. The van der Waals surface area contributed by atoms with Gasteiger partial charge in [-0.25, -0.2) is 9.78 Å². The van der Waals surface area contributed by atoms with Gasteiger partial charge >= 0.3 is 5.97 Å². The van der Waals surface area contributed by atoms with E-state index in [2.05, 4.69) is 10.3 Å². The summed E-state index contributed by atoms with van der Waals surface area (Å²) in [7, 11) is 5.91. The molecule has 204 valence electrons. The Morgan fingerprint density at radius 1 is 0.875 bits per heavy atom. The van der Waals surface area contributed by atoms with E-state index in [9.17, 15) is 9.59 Å². The van der Waals surface area contributed by atoms with Crippen LogP contribution < -0.4 is 19.5 Å². The van der Waals surface area contributed by atoms with Gasteiger partial charge in [-0.1, -0.05) is 36.4 Å². The van der Waals surface area contributed by atoms with Gasteiger partial charge < -0.3 is 29.2 Å². The van der Waals surface area contributed by atoms with Crippen molar-refractivity contribution in [3.63, 3.8) is 0 Å². The van der Waals surface area contributed by atoms with Crippen LogP contribution in [0, 0.1) is 0 Å². The second kappa shape index (κ2) is 11.4. The maximum absolute atomic E-state index is 13.8. The van der Waals surface area contributed by atoms with Gasteiger partial charge in [-0.3, -0.25) is 4.79 Å². The number of amides is 1. The van der Waals surface area contributed by atoms with Crippen LogP contribution in [0.15, 0.2) is 72.9 Å². The van der Waals surface area contributed by atoms with Crippen LogP contribution in [0.5, 0.6) is 17.2 Å². The molecule has 0 saturated heterocycles. The maximum atomic E-state index is 13.8. The van der Waals surface area contributed by atoms with Crippen molar-refractivity contribution in [1.29, 1.82) is 0 Å². The smallest absolute Gasteiger partial charge is 0.328 e. The number of nitrogens with zero attached hydrogens (tertiary/aromatic N) is 1. The lowest BCUT2D eigenvalue weighted by Gasteiger charge is -2.18. The SMILES string of the molecule is COC(=O)[C@@H](Cc1c[nH]c2ccccc12)NC(=O)c1cc(-c2cc(OC)c(OC)c(OC)c2)nc2ccccc12. The molecule has 0 bridgehead atoms. The molecule has 0 aliphatic carbocycles. The summed E-state index contributed by atoms with van der Waals surface area (Å²) in [5.74, 6) is 0.402. The number of fused-ring (bicyclic) bond motifs is 2. The van der Waals surface area contributed by atoms with Crippen molar-refractivity contribution in [2.75, 3.05) is 28.4 Å². The first-order valence-electron chi connectivity index (χ1n) is 12.6. The lowest BCUT2D eigenvalue weighted by atomic mass is 10.0. The Bertz CT molecular complexity index is 1690. The summed E-state index contributed by atoms with van der Waals surface area (Å²) < 4.78 is 21.5. The topological polar surface area (TPSA) is 112 Å². The van der Waals surface area contributed by atoms with Crippen LogP contribution in [-0.4, -0.2) is 56.3 Å². The number of H-pyrrole nitrogens is 1. The number of pyridine rings is 1. The number of aromatic nitrogens is 2. The van der Waals surface area contributed by atoms with Crippen molar-refractivity contribution in [2.45, 2.75) is 12.5 Å². The van der Waals surface area contributed by atoms with Crippen LogP contribution in [0.1, 0.15) is 15.9 Å². The van der Waals surface area contributed by atoms with E-state index in [-0.39, 0.29) is 6.42 Å². The standard InChI is InChI=1S/C31H29N3O6/c1-37-27-14-18(15-28(38-2)29(27)39-3)25-16-22(21-10-6-8-12-24(21)33-25)30(35)34-26(31(36)40-4)13-19-17-32-23-11-7-5-9-20(19)23/h5-12,14-17,26,32H,13H2,1-4H3,(H,34,35)/t26-/m1/s1. The molecule has 3 aromatic carbocycles. The van der Waals surface area contributed by atoms with E-state index >= 15 is 0 Å². The van der Waals surface area contributed by atoms with Gasteiger partial charge in [-0.2, -0.15) is 0 Å². The number of aromatic amines is 1. The summed E-state index contributed by atoms with van der Waals surface area (Å²) >= 11 is 0. The summed E-state index contributed by atoms with van der Waals surface area (Å²) in [6.07, 6.45) is 2.10. The van der Waals surface area contributed by atoms with Crippen LogP contribution in [0.4, 0.5) is 0 Å². The Morgan fingerprint density at radius 3 is 2.23 bits per heavy atom. The van der Waals surface area contributed by atoms with Crippen molar-refractivity contribution < 1.29 is 28.5 Å². The molecular weight excluding hydrogens is 510 g/mol. The Labute approximate surface area is 231 Å². The number of methoxy groups -OCH3 is 4. The third kappa shape index (κ3) is 5.01. The summed E-state index contributed by atoms with van der Waals surface area (Å²) in [5, 5.41) is 4.52. The van der Waals surface area contributed by atoms with E-state index in [0.717, 1.165) is 16.5 Å². The van der Waals surface area contributed by atoms with Crippen molar-refractivity contribution in [2.24, 2.45) is 0 Å². The van der Waals surface area contributed by atoms with Crippen molar-refractivity contribution in [1.82, 2.24) is 15.3 Å². The molecule has 2 N–H and O–H groups in total. The molecule has 0 aliphatic heterocycles. The molecule has 2 heterocycles. The van der Waals surface area contributed by atoms with Crippen LogP contribution >= 0.6 is 0 Å². The molecule has 0 saturated carbocycles. The number of carbonyl (C=O) groups excluding carboxylic acids is 2. The molecule has 9 nitrogen and oxygen atoms in total. The molecule has 5 aromatic rings. The van der Waals surface area contributed by atoms with Gasteiger partial charge in [0.15, 0.2) is 11.5 Å². The van der Waals surface area contributed by atoms with Gasteiger partial charge in [0.1, 0.15) is 6.04 Å². The Balaban J connectivity index is 1.55. The van der Waals surface area contributed by atoms with Crippen molar-refractivity contribution in [3.8, 4) is 28.5 Å². The molecule has 1 atom stereocenters. The van der Waals surface area contributed by atoms with Gasteiger partial charge in [0.2, 0.25) is 5.75 Å². The van der Waals surface area contributed by atoms with E-state index in [1.165, 1.54) is 28.4 Å². The molecule has 0 fully saturated rings. The number of benzene rings is 3. The molecule has 2 aromatic heterocycles. The lowest BCUT2D eigenvalue weighted by molar-refractivity contribution is -0.142. The van der Waals surface area contributed by atoms with Gasteiger partial charge in [-0.05, 0) is 35.9 Å². The molecule has 0 radical (unpaired) electrons. The first-order valence-corrected chi connectivity index (χ1v) is 12.6. The molecule has 0 aliphatic rings. The Morgan fingerprint density at radius 2 is 1.55 bits per heavy atom. The number of hydrogen-bond donors (Lipinski definition) is 2. The van der Waals surface area contributed by atoms with Gasteiger partial charge in [-0.15, -0.1) is 0 Å². The zero-order valence-electron chi connectivity index (χ0n) is 22.6. The van der Waals surface area contributed by atoms with Crippen molar-refractivity contribution >= 4 is 33.7 Å². The third-order valence-corrected chi connectivity index (χ3v) is 6.81. The highest BCUT2D eigenvalue weighted by Gasteiger charge is 2.26. The minimum Gasteiger partial charge on any atom is -0.493 e. The Hall–Kier alpha value is -5.05. The summed E-state index contributed by atoms with van der Waals surface area (Å²) in [6, 6.07) is 19.5. The molecule has 0 spiro atoms. The molecule has 40 heavy (non-hydrogen) atoms. The molecule has 9 heteroatoms. The first-order chi connectivity index (χ1) is 19.5. The highest BCUT2D eigenvalue weighted by atomic mass is 16.5. The maximum Gasteiger partial charge on any atom is 0.328 e. The second-order valence-electron chi connectivity index (χ2n) is 9.10. The highest BCUT2D eigenvalue weighted by Crippen LogP contribution is 2.41. The Kier molecular flexibility index (Phi) is 7.54. The summed E-state index contributed by atoms with van der Waals surface area (Å²) in [4.78, 5) is 34.6. The summed E-state index contributed by atoms with van der Waals surface area (Å²) in [5.41, 5.74) is 4.01. The zero-order chi connectivity index (χ0) is 28.2. The van der Waals surface area contributed by atoms with E-state index in [0.29, 0.717) is 45.0 Å². The van der Waals surface area contributed by atoms with Crippen LogP contribution in [0.3, 0.4) is 0 Å². The average Bonchev–Trinajstić information content (AvgIpc) is 3.41. The number of para-hydroxylation sites is 2. The highest BCUT2D eigenvalue weighted by molar-refractivity contribution is 6.08. The van der Waals surface area contributed by atoms with Gasteiger partial charge in [0.05, 0.1) is 45.2 Å². The van der Waals surface area contributed by atoms with E-state index in [1.807, 2.05) is 54.7 Å². The first kappa shape index (κ1) is 26.6. The fraction of sp³-hybridized carbons (Fsp3) is 0.194. The van der Waals surface area contributed by atoms with Crippen LogP contribution in [0.2, 0.25) is 0 Å². The molecule has 0 unspecified atom stereocenters. The number of esters is 1. The number of rotatable bonds is 9. The minimum atomic E-state index is -0.909. The van der Waals surface area contributed by atoms with Gasteiger partial charge in [0.25, 0.3) is 5.91 Å². The predicted octanol–water partition coefficient (Wildman–Crippen LogP) is 4.92. The fourth-order valence-corrected chi connectivity index (χ4v) is 4.83. The predicted molar refractivity (Wildman–Crippen MR) is 152 cm³/mol. The van der Waals surface area contributed by atoms with Crippen molar-refractivity contribution in [3.05, 3.63) is 84.1 Å². The normalized spacial score (nSPS) is 11.7. The van der Waals surface area contributed by atoms with E-state index in [1.54, 1.807) is 18.2 Å². The van der Waals surface area contributed by atoms with E-state index < -0.39 is 17.9 Å². The third-order valence-electron chi connectivity index (χ3n) is 6.81. The average molecular weight is 540 g/mol. The molecule has 5 rings (SSSR count). The quantitative estimate of drug-likeness (QED) is 0.256. The molecular formula is C31H29N3O6. The molecule has 1 amide bonds. The van der Waals surface area contributed by atoms with Crippen LogP contribution in [0.25, 0.3) is 33.1 Å². The number of ether oxygens (including phenoxy) is 4. The van der Waals surface area contributed by atoms with Gasteiger partial charge in [0, 0.05) is 34.5 Å². The lowest BCUT2D eigenvalue weighted by Crippen LogP contribution is -2.43. The monoisotopic (exact) mass is 539 g/mol. The zero-order valence-corrected chi connectivity index (χ0v) is 22.6. The summed E-state index contributed by atoms with van der Waals surface area (Å²) in [6.45, 7) is 0. The van der Waals surface area contributed by atoms with Crippen LogP contribution in [-0.2, 0) is 16.0 Å². The number of nitrogens with one attached hydrogen (secondary N) is 2. The number of carbonyl (C=O) groups is 2. The van der Waals surface area contributed by atoms with E-state index in [4.69, 9.17) is 23.9 Å². The number of hydrogen-bond acceptors (Lipinski definition) is 7.